The van der Waals surface area contributed by atoms with Crippen molar-refractivity contribution in [3.05, 3.63) is 65.7 Å². The minimum atomic E-state index is 0.884. The SMILES string of the molecule is Cc1cccc(C[NH+]2CCC([NH+]3CCN(c4ccccc4)CC3)CC2)c1. The lowest BCUT2D eigenvalue weighted by Gasteiger charge is -2.39. The maximum absolute atomic E-state index is 2.56. The van der Waals surface area contributed by atoms with E-state index in [-0.39, 0.29) is 0 Å². The van der Waals surface area contributed by atoms with Gasteiger partial charge < -0.3 is 14.7 Å². The van der Waals surface area contributed by atoms with E-state index in [2.05, 4.69) is 66.4 Å². The Morgan fingerprint density at radius 1 is 0.885 bits per heavy atom. The largest absolute Gasteiger partial charge is 0.360 e. The summed E-state index contributed by atoms with van der Waals surface area (Å²) >= 11 is 0. The highest BCUT2D eigenvalue weighted by Gasteiger charge is 2.32. The van der Waals surface area contributed by atoms with Gasteiger partial charge in [-0.1, -0.05) is 48.0 Å². The number of hydrogen-bond donors (Lipinski definition) is 2. The van der Waals surface area contributed by atoms with E-state index >= 15 is 0 Å². The van der Waals surface area contributed by atoms with Crippen LogP contribution in [0.25, 0.3) is 0 Å². The molecule has 2 aliphatic heterocycles. The highest BCUT2D eigenvalue weighted by molar-refractivity contribution is 5.46. The summed E-state index contributed by atoms with van der Waals surface area (Å²) < 4.78 is 0. The van der Waals surface area contributed by atoms with Gasteiger partial charge in [-0.15, -0.1) is 0 Å². The van der Waals surface area contributed by atoms with Crippen molar-refractivity contribution in [2.24, 2.45) is 0 Å². The van der Waals surface area contributed by atoms with Crippen LogP contribution in [0.4, 0.5) is 5.69 Å². The first kappa shape index (κ1) is 17.6. The second-order valence-electron chi connectivity index (χ2n) is 8.17. The molecule has 2 aromatic rings. The summed E-state index contributed by atoms with van der Waals surface area (Å²) in [5.74, 6) is 0. The van der Waals surface area contributed by atoms with Crippen LogP contribution in [0.1, 0.15) is 24.0 Å². The van der Waals surface area contributed by atoms with Gasteiger partial charge in [0.15, 0.2) is 0 Å². The number of piperidine rings is 1. The first-order chi connectivity index (χ1) is 12.8. The molecule has 2 fully saturated rings. The fourth-order valence-corrected chi connectivity index (χ4v) is 4.82. The molecule has 3 nitrogen and oxygen atoms in total. The van der Waals surface area contributed by atoms with E-state index in [0.717, 1.165) is 6.04 Å². The summed E-state index contributed by atoms with van der Waals surface area (Å²) in [6, 6.07) is 20.8. The summed E-state index contributed by atoms with van der Waals surface area (Å²) in [5.41, 5.74) is 4.28. The molecule has 0 saturated carbocycles. The lowest BCUT2D eigenvalue weighted by Crippen LogP contribution is -3.21. The van der Waals surface area contributed by atoms with Gasteiger partial charge in [-0.2, -0.15) is 0 Å². The van der Waals surface area contributed by atoms with E-state index < -0.39 is 0 Å². The van der Waals surface area contributed by atoms with Crippen molar-refractivity contribution in [3.8, 4) is 0 Å². The number of aryl methyl sites for hydroxylation is 1. The molecule has 0 unspecified atom stereocenters. The Morgan fingerprint density at radius 2 is 1.62 bits per heavy atom. The van der Waals surface area contributed by atoms with Crippen LogP contribution < -0.4 is 14.7 Å². The average Bonchev–Trinajstić information content (AvgIpc) is 2.70. The van der Waals surface area contributed by atoms with Gasteiger partial charge in [-0.05, 0) is 19.1 Å². The van der Waals surface area contributed by atoms with Gasteiger partial charge in [0.05, 0.1) is 45.3 Å². The van der Waals surface area contributed by atoms with Crippen molar-refractivity contribution in [1.29, 1.82) is 0 Å². The van der Waals surface area contributed by atoms with Crippen LogP contribution >= 0.6 is 0 Å². The molecule has 0 radical (unpaired) electrons. The summed E-state index contributed by atoms with van der Waals surface area (Å²) in [4.78, 5) is 6.18. The van der Waals surface area contributed by atoms with Crippen LogP contribution in [0.15, 0.2) is 54.6 Å². The molecule has 2 N–H and O–H groups in total. The number of benzene rings is 2. The first-order valence-electron chi connectivity index (χ1n) is 10.3. The van der Waals surface area contributed by atoms with Crippen LogP contribution in [0.3, 0.4) is 0 Å². The number of nitrogens with zero attached hydrogens (tertiary/aromatic N) is 1. The molecule has 0 aromatic heterocycles. The number of nitrogens with one attached hydrogen (secondary N) is 2. The van der Waals surface area contributed by atoms with E-state index in [1.54, 1.807) is 4.90 Å². The molecule has 0 bridgehead atoms. The van der Waals surface area contributed by atoms with Crippen LogP contribution in [-0.4, -0.2) is 45.3 Å². The Hall–Kier alpha value is -1.84. The minimum Gasteiger partial charge on any atom is -0.360 e. The fourth-order valence-electron chi connectivity index (χ4n) is 4.82. The average molecular weight is 352 g/mol. The van der Waals surface area contributed by atoms with Gasteiger partial charge in [0.1, 0.15) is 6.54 Å². The quantitative estimate of drug-likeness (QED) is 0.836. The standard InChI is InChI=1S/C23H31N3/c1-20-6-5-7-21(18-20)19-24-12-10-23(11-13-24)26-16-14-25(15-17-26)22-8-3-2-4-9-22/h2-9,18,23H,10-17,19H2,1H3/p+2. The van der Waals surface area contributed by atoms with Crippen molar-refractivity contribution >= 4 is 5.69 Å². The van der Waals surface area contributed by atoms with Crippen molar-refractivity contribution in [1.82, 2.24) is 0 Å². The van der Waals surface area contributed by atoms with Crippen LogP contribution in [0.5, 0.6) is 0 Å². The molecule has 138 valence electrons. The fraction of sp³-hybridized carbons (Fsp3) is 0.478. The van der Waals surface area contributed by atoms with Gasteiger partial charge in [-0.25, -0.2) is 0 Å². The molecule has 2 aromatic carbocycles. The number of anilines is 1. The third kappa shape index (κ3) is 4.28. The Labute approximate surface area is 158 Å². The predicted molar refractivity (Wildman–Crippen MR) is 108 cm³/mol. The van der Waals surface area contributed by atoms with Crippen LogP contribution in [0, 0.1) is 6.92 Å². The highest BCUT2D eigenvalue weighted by atomic mass is 15.3. The number of likely N-dealkylation sites (tertiary alicyclic amines) is 1. The molecule has 2 aliphatic rings. The molecule has 2 heterocycles. The third-order valence-corrected chi connectivity index (χ3v) is 6.33. The predicted octanol–water partition coefficient (Wildman–Crippen LogP) is 0.947. The van der Waals surface area contributed by atoms with Crippen molar-refractivity contribution in [3.63, 3.8) is 0 Å². The van der Waals surface area contributed by atoms with E-state index in [4.69, 9.17) is 0 Å². The Bertz CT molecular complexity index is 684. The maximum Gasteiger partial charge on any atom is 0.103 e. The monoisotopic (exact) mass is 351 g/mol. The molecule has 0 amide bonds. The van der Waals surface area contributed by atoms with Gasteiger partial charge >= 0.3 is 0 Å². The highest BCUT2D eigenvalue weighted by Crippen LogP contribution is 2.13. The van der Waals surface area contributed by atoms with Crippen molar-refractivity contribution < 1.29 is 9.80 Å². The summed E-state index contributed by atoms with van der Waals surface area (Å²) in [7, 11) is 0. The first-order valence-corrected chi connectivity index (χ1v) is 10.3. The molecule has 2 saturated heterocycles. The van der Waals surface area contributed by atoms with Crippen molar-refractivity contribution in [2.75, 3.05) is 44.2 Å². The van der Waals surface area contributed by atoms with Gasteiger partial charge in [0.25, 0.3) is 0 Å². The second-order valence-corrected chi connectivity index (χ2v) is 8.17. The molecule has 0 spiro atoms. The van der Waals surface area contributed by atoms with Crippen LogP contribution in [-0.2, 0) is 6.54 Å². The number of para-hydroxylation sites is 1. The lowest BCUT2D eigenvalue weighted by atomic mass is 10.0. The normalized spacial score (nSPS) is 24.6. The lowest BCUT2D eigenvalue weighted by molar-refractivity contribution is -0.963. The minimum absolute atomic E-state index is 0.884. The zero-order valence-corrected chi connectivity index (χ0v) is 16.1. The molecule has 3 heteroatoms. The molecule has 4 rings (SSSR count). The third-order valence-electron chi connectivity index (χ3n) is 6.33. The van der Waals surface area contributed by atoms with Gasteiger partial charge in [0, 0.05) is 24.1 Å². The molecule has 0 aliphatic carbocycles. The van der Waals surface area contributed by atoms with E-state index in [1.807, 2.05) is 4.90 Å². The molecule has 0 atom stereocenters. The van der Waals surface area contributed by atoms with Crippen molar-refractivity contribution in [2.45, 2.75) is 32.4 Å². The maximum atomic E-state index is 2.56. The molecular weight excluding hydrogens is 318 g/mol. The van der Waals surface area contributed by atoms with Gasteiger partial charge in [0.2, 0.25) is 0 Å². The van der Waals surface area contributed by atoms with E-state index in [0.29, 0.717) is 0 Å². The zero-order chi connectivity index (χ0) is 17.8. The number of hydrogen-bond acceptors (Lipinski definition) is 1. The smallest absolute Gasteiger partial charge is 0.103 e. The summed E-state index contributed by atoms with van der Waals surface area (Å²) in [6.45, 7) is 11.1. The summed E-state index contributed by atoms with van der Waals surface area (Å²) in [6.07, 6.45) is 2.78. The van der Waals surface area contributed by atoms with Gasteiger partial charge in [-0.3, -0.25) is 0 Å². The summed E-state index contributed by atoms with van der Waals surface area (Å²) in [5, 5.41) is 0. The van der Waals surface area contributed by atoms with E-state index in [1.165, 1.54) is 75.5 Å². The number of piperazine rings is 1. The van der Waals surface area contributed by atoms with Crippen LogP contribution in [0.2, 0.25) is 0 Å². The van der Waals surface area contributed by atoms with E-state index in [9.17, 15) is 0 Å². The topological polar surface area (TPSA) is 12.1 Å². The number of rotatable bonds is 4. The Kier molecular flexibility index (Phi) is 5.57. The molecule has 26 heavy (non-hydrogen) atoms. The zero-order valence-electron chi connectivity index (χ0n) is 16.1. The molecular formula is C23H33N3+2. The second kappa shape index (κ2) is 8.24. The Morgan fingerprint density at radius 3 is 2.31 bits per heavy atom. The Balaban J connectivity index is 1.24. The number of quaternary nitrogens is 2.